The number of carbonyl (C=O) groups is 1. The van der Waals surface area contributed by atoms with Crippen molar-refractivity contribution in [3.8, 4) is 0 Å². The van der Waals surface area contributed by atoms with Crippen molar-refractivity contribution in [2.45, 2.75) is 39.7 Å². The summed E-state index contributed by atoms with van der Waals surface area (Å²) >= 11 is 12.0. The van der Waals surface area contributed by atoms with Crippen LogP contribution in [0.1, 0.15) is 31.4 Å². The van der Waals surface area contributed by atoms with Gasteiger partial charge in [-0.2, -0.15) is 0 Å². The van der Waals surface area contributed by atoms with E-state index in [-0.39, 0.29) is 11.4 Å². The van der Waals surface area contributed by atoms with Crippen molar-refractivity contribution in [2.24, 2.45) is 0 Å². The molecular weight excluding hydrogens is 419 g/mol. The van der Waals surface area contributed by atoms with Crippen LogP contribution in [-0.2, 0) is 21.2 Å². The summed E-state index contributed by atoms with van der Waals surface area (Å²) in [6.45, 7) is 5.67. The molecule has 0 unspecified atom stereocenters. The normalized spacial score (nSPS) is 12.5. The molecule has 8 heteroatoms. The first-order valence-electron chi connectivity index (χ1n) is 8.93. The second-order valence-corrected chi connectivity index (χ2v) is 9.21. The molecule has 2 rings (SSSR count). The Morgan fingerprint density at radius 2 is 1.82 bits per heavy atom. The number of para-hydroxylation sites is 1. The summed E-state index contributed by atoms with van der Waals surface area (Å²) in [5, 5.41) is 3.45. The first-order chi connectivity index (χ1) is 13.1. The Hall–Kier alpha value is -1.76. The predicted molar refractivity (Wildman–Crippen MR) is 117 cm³/mol. The summed E-state index contributed by atoms with van der Waals surface area (Å²) in [6.07, 6.45) is 2.10. The van der Waals surface area contributed by atoms with Gasteiger partial charge in [-0.05, 0) is 49.1 Å². The molecule has 0 heterocycles. The monoisotopic (exact) mass is 442 g/mol. The summed E-state index contributed by atoms with van der Waals surface area (Å²) in [6, 6.07) is 9.34. The molecule has 0 radical (unpaired) electrons. The van der Waals surface area contributed by atoms with Crippen LogP contribution >= 0.6 is 23.2 Å². The Morgan fingerprint density at radius 1 is 1.14 bits per heavy atom. The number of hydrogen-bond acceptors (Lipinski definition) is 3. The van der Waals surface area contributed by atoms with E-state index < -0.39 is 22.0 Å². The average Bonchev–Trinajstić information content (AvgIpc) is 2.62. The van der Waals surface area contributed by atoms with Gasteiger partial charge < -0.3 is 5.32 Å². The van der Waals surface area contributed by atoms with Gasteiger partial charge in [0.25, 0.3) is 0 Å². The van der Waals surface area contributed by atoms with Gasteiger partial charge in [0.05, 0.1) is 22.0 Å². The topological polar surface area (TPSA) is 66.5 Å². The van der Waals surface area contributed by atoms with E-state index in [1.54, 1.807) is 6.92 Å². The summed E-state index contributed by atoms with van der Waals surface area (Å²) in [5.74, 6) is -0.400. The van der Waals surface area contributed by atoms with E-state index in [9.17, 15) is 13.2 Å². The van der Waals surface area contributed by atoms with Gasteiger partial charge in [0.1, 0.15) is 6.04 Å². The van der Waals surface area contributed by atoms with Crippen LogP contribution in [0, 0.1) is 6.92 Å². The maximum Gasteiger partial charge on any atom is 0.248 e. The van der Waals surface area contributed by atoms with Gasteiger partial charge in [-0.15, -0.1) is 0 Å². The van der Waals surface area contributed by atoms with Crippen LogP contribution in [0.3, 0.4) is 0 Å². The maximum atomic E-state index is 13.1. The van der Waals surface area contributed by atoms with Crippen molar-refractivity contribution in [1.82, 2.24) is 0 Å². The van der Waals surface area contributed by atoms with Gasteiger partial charge >= 0.3 is 0 Å². The first kappa shape index (κ1) is 22.5. The molecular formula is C20H24Cl2N2O3S. The quantitative estimate of drug-likeness (QED) is 0.652. The molecule has 0 bridgehead atoms. The molecule has 1 N–H and O–H groups in total. The summed E-state index contributed by atoms with van der Waals surface area (Å²) in [5.41, 5.74) is 2.92. The lowest BCUT2D eigenvalue weighted by atomic mass is 10.0. The van der Waals surface area contributed by atoms with Gasteiger partial charge in [0, 0.05) is 5.69 Å². The molecule has 0 aliphatic rings. The van der Waals surface area contributed by atoms with E-state index in [4.69, 9.17) is 23.2 Å². The molecule has 0 spiro atoms. The van der Waals surface area contributed by atoms with Crippen molar-refractivity contribution in [3.63, 3.8) is 0 Å². The molecule has 0 aliphatic heterocycles. The summed E-state index contributed by atoms with van der Waals surface area (Å²) < 4.78 is 26.2. The third-order valence-corrected chi connectivity index (χ3v) is 6.39. The third-order valence-electron chi connectivity index (χ3n) is 4.48. The Labute approximate surface area is 176 Å². The molecule has 0 aromatic heterocycles. The minimum absolute atomic E-state index is 0.218. The number of hydrogen-bond donors (Lipinski definition) is 1. The number of amides is 1. The zero-order chi connectivity index (χ0) is 21.1. The number of carbonyl (C=O) groups excluding carboxylic acids is 1. The highest BCUT2D eigenvalue weighted by atomic mass is 35.5. The fourth-order valence-electron chi connectivity index (χ4n) is 3.09. The van der Waals surface area contributed by atoms with Gasteiger partial charge in [-0.3, -0.25) is 9.10 Å². The zero-order valence-electron chi connectivity index (χ0n) is 16.3. The van der Waals surface area contributed by atoms with Crippen molar-refractivity contribution in [2.75, 3.05) is 15.9 Å². The molecule has 0 saturated carbocycles. The fraction of sp³-hybridized carbons (Fsp3) is 0.350. The Balaban J connectivity index is 2.47. The van der Waals surface area contributed by atoms with Crippen LogP contribution in [-0.4, -0.2) is 26.6 Å². The maximum absolute atomic E-state index is 13.1. The molecule has 0 saturated heterocycles. The number of anilines is 2. The smallest absolute Gasteiger partial charge is 0.248 e. The molecule has 2 aromatic rings. The number of sulfonamides is 1. The van der Waals surface area contributed by atoms with Crippen LogP contribution in [0.2, 0.25) is 10.0 Å². The number of nitrogens with one attached hydrogen (secondary N) is 1. The molecule has 5 nitrogen and oxygen atoms in total. The number of benzene rings is 2. The van der Waals surface area contributed by atoms with Crippen molar-refractivity contribution >= 4 is 50.5 Å². The average molecular weight is 443 g/mol. The fourth-order valence-corrected chi connectivity index (χ4v) is 4.59. The van der Waals surface area contributed by atoms with Crippen molar-refractivity contribution < 1.29 is 13.2 Å². The Kier molecular flexibility index (Phi) is 7.37. The molecule has 28 heavy (non-hydrogen) atoms. The van der Waals surface area contributed by atoms with Crippen LogP contribution < -0.4 is 9.62 Å². The molecule has 0 fully saturated rings. The number of aryl methyl sites for hydroxylation is 2. The lowest BCUT2D eigenvalue weighted by molar-refractivity contribution is -0.117. The standard InChI is InChI=1S/C20H24Cl2N2O3S/c1-5-14-9-7-8-13(3)19(14)23-20(25)18(6-2)24(28(4,26)27)15-10-11-16(21)17(22)12-15/h7-12,18H,5-6H2,1-4H3,(H,23,25)/t18-/m0/s1. The van der Waals surface area contributed by atoms with E-state index in [1.165, 1.54) is 18.2 Å². The lowest BCUT2D eigenvalue weighted by Crippen LogP contribution is -2.47. The highest BCUT2D eigenvalue weighted by Crippen LogP contribution is 2.31. The van der Waals surface area contributed by atoms with Gasteiger partial charge in [-0.25, -0.2) is 8.42 Å². The van der Waals surface area contributed by atoms with Crippen molar-refractivity contribution in [3.05, 3.63) is 57.6 Å². The second-order valence-electron chi connectivity index (χ2n) is 6.53. The van der Waals surface area contributed by atoms with Gasteiger partial charge in [0.2, 0.25) is 15.9 Å². The highest BCUT2D eigenvalue weighted by Gasteiger charge is 2.32. The lowest BCUT2D eigenvalue weighted by Gasteiger charge is -2.30. The third kappa shape index (κ3) is 4.99. The molecule has 0 aliphatic carbocycles. The number of nitrogens with zero attached hydrogens (tertiary/aromatic N) is 1. The van der Waals surface area contributed by atoms with E-state index in [0.717, 1.165) is 33.8 Å². The highest BCUT2D eigenvalue weighted by molar-refractivity contribution is 7.92. The predicted octanol–water partition coefficient (Wildman–Crippen LogP) is 5.05. The Morgan fingerprint density at radius 3 is 2.36 bits per heavy atom. The summed E-state index contributed by atoms with van der Waals surface area (Å²) in [7, 11) is -3.75. The van der Waals surface area contributed by atoms with Crippen LogP contribution in [0.5, 0.6) is 0 Å². The molecule has 2 aromatic carbocycles. The van der Waals surface area contributed by atoms with E-state index >= 15 is 0 Å². The minimum Gasteiger partial charge on any atom is -0.324 e. The SMILES string of the molecule is CCc1cccc(C)c1NC(=O)[C@H](CC)N(c1ccc(Cl)c(Cl)c1)S(C)(=O)=O. The Bertz CT molecular complexity index is 977. The molecule has 1 atom stereocenters. The number of rotatable bonds is 7. The molecule has 152 valence electrons. The van der Waals surface area contributed by atoms with E-state index in [1.807, 2.05) is 32.0 Å². The van der Waals surface area contributed by atoms with Gasteiger partial charge in [0.15, 0.2) is 0 Å². The zero-order valence-corrected chi connectivity index (χ0v) is 18.6. The number of halogens is 2. The summed E-state index contributed by atoms with van der Waals surface area (Å²) in [4.78, 5) is 13.1. The first-order valence-corrected chi connectivity index (χ1v) is 11.5. The van der Waals surface area contributed by atoms with Crippen LogP contribution in [0.25, 0.3) is 0 Å². The minimum atomic E-state index is -3.75. The van der Waals surface area contributed by atoms with E-state index in [0.29, 0.717) is 10.7 Å². The second kappa shape index (κ2) is 9.16. The van der Waals surface area contributed by atoms with E-state index in [2.05, 4.69) is 5.32 Å². The van der Waals surface area contributed by atoms with Crippen LogP contribution in [0.15, 0.2) is 36.4 Å². The van der Waals surface area contributed by atoms with Crippen molar-refractivity contribution in [1.29, 1.82) is 0 Å². The molecule has 1 amide bonds. The van der Waals surface area contributed by atoms with Gasteiger partial charge in [-0.1, -0.05) is 55.2 Å². The largest absolute Gasteiger partial charge is 0.324 e. The van der Waals surface area contributed by atoms with Crippen LogP contribution in [0.4, 0.5) is 11.4 Å².